The Hall–Kier alpha value is -0.890. The number of carbonyl (C=O) groups excluding carboxylic acids is 1. The molecule has 1 N–H and O–H groups in total. The first-order chi connectivity index (χ1) is 7.81. The van der Waals surface area contributed by atoms with Gasteiger partial charge in [-0.2, -0.15) is 0 Å². The summed E-state index contributed by atoms with van der Waals surface area (Å²) in [5, 5.41) is 10.4. The molecular weight excluding hydrogens is 212 g/mol. The normalized spacial score (nSPS) is 23.6. The van der Waals surface area contributed by atoms with Crippen LogP contribution in [0.5, 0.6) is 0 Å². The van der Waals surface area contributed by atoms with E-state index in [1.807, 2.05) is 13.8 Å². The van der Waals surface area contributed by atoms with Crippen LogP contribution in [0.3, 0.4) is 0 Å². The Morgan fingerprint density at radius 3 is 2.71 bits per heavy atom. The number of carbonyl (C=O) groups is 1. The molecule has 2 nitrogen and oxygen atoms in total. The van der Waals surface area contributed by atoms with Crippen LogP contribution in [0.1, 0.15) is 53.4 Å². The molecule has 0 radical (unpaired) electrons. The lowest BCUT2D eigenvalue weighted by atomic mass is 9.76. The van der Waals surface area contributed by atoms with E-state index in [2.05, 4.69) is 13.0 Å². The topological polar surface area (TPSA) is 37.3 Å². The zero-order valence-electron chi connectivity index (χ0n) is 11.4. The van der Waals surface area contributed by atoms with Crippen molar-refractivity contribution in [2.45, 2.75) is 59.0 Å². The van der Waals surface area contributed by atoms with E-state index in [1.165, 1.54) is 5.57 Å². The Balaban J connectivity index is 2.62. The fraction of sp³-hybridized carbons (Fsp3) is 0.667. The highest BCUT2D eigenvalue weighted by Gasteiger charge is 2.33. The second-order valence-electron chi connectivity index (χ2n) is 5.74. The third-order valence-electron chi connectivity index (χ3n) is 3.50. The van der Waals surface area contributed by atoms with Crippen molar-refractivity contribution in [1.82, 2.24) is 0 Å². The standard InChI is InChI=1S/C15H24O2/c1-11(2)9-14(16)10-15(4,17)13-7-5-12(3)6-8-13/h5,9,13,17H,6-8,10H2,1-4H3/t13-,15+/m0/s1. The fourth-order valence-electron chi connectivity index (χ4n) is 2.40. The van der Waals surface area contributed by atoms with E-state index in [0.717, 1.165) is 24.8 Å². The monoisotopic (exact) mass is 236 g/mol. The number of aliphatic hydroxyl groups is 1. The molecule has 17 heavy (non-hydrogen) atoms. The van der Waals surface area contributed by atoms with Gasteiger partial charge in [-0.05, 0) is 59.0 Å². The van der Waals surface area contributed by atoms with Crippen molar-refractivity contribution in [2.24, 2.45) is 5.92 Å². The van der Waals surface area contributed by atoms with Crippen molar-refractivity contribution in [3.8, 4) is 0 Å². The van der Waals surface area contributed by atoms with Crippen LogP contribution >= 0.6 is 0 Å². The van der Waals surface area contributed by atoms with E-state index in [-0.39, 0.29) is 18.1 Å². The van der Waals surface area contributed by atoms with Crippen LogP contribution in [0.4, 0.5) is 0 Å². The Kier molecular flexibility index (Phi) is 4.70. The van der Waals surface area contributed by atoms with Gasteiger partial charge in [0.15, 0.2) is 5.78 Å². The number of hydrogen-bond donors (Lipinski definition) is 1. The Bertz CT molecular complexity index is 344. The summed E-state index contributed by atoms with van der Waals surface area (Å²) in [6.07, 6.45) is 6.96. The third kappa shape index (κ3) is 4.47. The minimum atomic E-state index is -0.875. The number of rotatable bonds is 4. The van der Waals surface area contributed by atoms with Crippen molar-refractivity contribution in [2.75, 3.05) is 0 Å². The van der Waals surface area contributed by atoms with Gasteiger partial charge in [-0.1, -0.05) is 17.2 Å². The number of ketones is 1. The van der Waals surface area contributed by atoms with Gasteiger partial charge in [0.05, 0.1) is 5.60 Å². The molecule has 0 unspecified atom stereocenters. The van der Waals surface area contributed by atoms with Crippen LogP contribution in [-0.2, 0) is 4.79 Å². The van der Waals surface area contributed by atoms with E-state index in [1.54, 1.807) is 13.0 Å². The van der Waals surface area contributed by atoms with Gasteiger partial charge in [0.2, 0.25) is 0 Å². The third-order valence-corrected chi connectivity index (χ3v) is 3.50. The molecule has 96 valence electrons. The van der Waals surface area contributed by atoms with Crippen LogP contribution < -0.4 is 0 Å². The molecule has 0 aliphatic heterocycles. The van der Waals surface area contributed by atoms with Crippen molar-refractivity contribution in [1.29, 1.82) is 0 Å². The Morgan fingerprint density at radius 1 is 1.59 bits per heavy atom. The van der Waals surface area contributed by atoms with Crippen LogP contribution in [0.15, 0.2) is 23.3 Å². The van der Waals surface area contributed by atoms with Gasteiger partial charge >= 0.3 is 0 Å². The summed E-state index contributed by atoms with van der Waals surface area (Å²) in [6.45, 7) is 7.72. The van der Waals surface area contributed by atoms with Crippen LogP contribution in [0.25, 0.3) is 0 Å². The molecule has 0 heterocycles. The zero-order chi connectivity index (χ0) is 13.1. The summed E-state index contributed by atoms with van der Waals surface area (Å²) in [5.74, 6) is 0.238. The highest BCUT2D eigenvalue weighted by molar-refractivity contribution is 5.90. The number of allylic oxidation sites excluding steroid dienone is 4. The molecule has 1 rings (SSSR count). The Morgan fingerprint density at radius 2 is 2.24 bits per heavy atom. The molecule has 0 fully saturated rings. The molecule has 0 spiro atoms. The van der Waals surface area contributed by atoms with Crippen molar-refractivity contribution >= 4 is 5.78 Å². The van der Waals surface area contributed by atoms with E-state index < -0.39 is 5.60 Å². The second-order valence-corrected chi connectivity index (χ2v) is 5.74. The van der Waals surface area contributed by atoms with E-state index in [0.29, 0.717) is 0 Å². The summed E-state index contributed by atoms with van der Waals surface area (Å²) in [5.41, 5.74) is 1.51. The largest absolute Gasteiger partial charge is 0.389 e. The molecule has 2 atom stereocenters. The lowest BCUT2D eigenvalue weighted by molar-refractivity contribution is -0.121. The molecule has 0 bridgehead atoms. The quantitative estimate of drug-likeness (QED) is 0.600. The van der Waals surface area contributed by atoms with Crippen LogP contribution in [-0.4, -0.2) is 16.5 Å². The predicted molar refractivity (Wildman–Crippen MR) is 70.8 cm³/mol. The molecule has 0 aromatic heterocycles. The summed E-state index contributed by atoms with van der Waals surface area (Å²) in [7, 11) is 0. The number of hydrogen-bond acceptors (Lipinski definition) is 2. The summed E-state index contributed by atoms with van der Waals surface area (Å²) in [4.78, 5) is 11.7. The van der Waals surface area contributed by atoms with E-state index in [4.69, 9.17) is 0 Å². The lowest BCUT2D eigenvalue weighted by Gasteiger charge is -2.34. The molecule has 1 aliphatic rings. The highest BCUT2D eigenvalue weighted by atomic mass is 16.3. The van der Waals surface area contributed by atoms with Crippen molar-refractivity contribution in [3.63, 3.8) is 0 Å². The molecular formula is C15H24O2. The van der Waals surface area contributed by atoms with Gasteiger partial charge < -0.3 is 5.11 Å². The van der Waals surface area contributed by atoms with Gasteiger partial charge in [0.1, 0.15) is 0 Å². The lowest BCUT2D eigenvalue weighted by Crippen LogP contribution is -2.37. The van der Waals surface area contributed by atoms with Crippen LogP contribution in [0.2, 0.25) is 0 Å². The molecule has 0 amide bonds. The maximum Gasteiger partial charge on any atom is 0.158 e. The predicted octanol–water partition coefficient (Wildman–Crippen LogP) is 3.41. The molecule has 1 aliphatic carbocycles. The van der Waals surface area contributed by atoms with Gasteiger partial charge in [-0.15, -0.1) is 0 Å². The second kappa shape index (κ2) is 5.63. The van der Waals surface area contributed by atoms with Crippen molar-refractivity contribution < 1.29 is 9.90 Å². The summed E-state index contributed by atoms with van der Waals surface area (Å²) in [6, 6.07) is 0. The average molecular weight is 236 g/mol. The first kappa shape index (κ1) is 14.2. The molecule has 0 saturated carbocycles. The van der Waals surface area contributed by atoms with Gasteiger partial charge in [0.25, 0.3) is 0 Å². The van der Waals surface area contributed by atoms with Gasteiger partial charge in [-0.25, -0.2) is 0 Å². The van der Waals surface area contributed by atoms with E-state index >= 15 is 0 Å². The first-order valence-corrected chi connectivity index (χ1v) is 6.37. The summed E-state index contributed by atoms with van der Waals surface area (Å²) < 4.78 is 0. The summed E-state index contributed by atoms with van der Waals surface area (Å²) >= 11 is 0. The van der Waals surface area contributed by atoms with Crippen LogP contribution in [0, 0.1) is 5.92 Å². The minimum Gasteiger partial charge on any atom is -0.389 e. The Labute approximate surface area is 104 Å². The van der Waals surface area contributed by atoms with Crippen molar-refractivity contribution in [3.05, 3.63) is 23.3 Å². The van der Waals surface area contributed by atoms with Gasteiger partial charge in [0, 0.05) is 6.42 Å². The molecule has 0 aromatic rings. The zero-order valence-corrected chi connectivity index (χ0v) is 11.4. The first-order valence-electron chi connectivity index (χ1n) is 6.37. The maximum absolute atomic E-state index is 11.7. The van der Waals surface area contributed by atoms with E-state index in [9.17, 15) is 9.90 Å². The minimum absolute atomic E-state index is 0.0290. The average Bonchev–Trinajstić information content (AvgIpc) is 2.15. The smallest absolute Gasteiger partial charge is 0.158 e. The maximum atomic E-state index is 11.7. The molecule has 0 saturated heterocycles. The molecule has 2 heteroatoms. The fourth-order valence-corrected chi connectivity index (χ4v) is 2.40. The highest BCUT2D eigenvalue weighted by Crippen LogP contribution is 2.34. The SMILES string of the molecule is CC(C)=CC(=O)C[C@@](C)(O)[C@H]1CC=C(C)CC1. The van der Waals surface area contributed by atoms with Gasteiger partial charge in [-0.3, -0.25) is 4.79 Å². The molecule has 0 aromatic carbocycles.